The maximum Gasteiger partial charge on any atom is 0.335 e. The van der Waals surface area contributed by atoms with E-state index in [9.17, 15) is 14.7 Å². The van der Waals surface area contributed by atoms with Gasteiger partial charge in [-0.25, -0.2) is 14.8 Å². The number of carboxylic acid groups (broad SMARTS) is 1. The first kappa shape index (κ1) is 20.1. The number of carbonyl (C=O) groups is 2. The van der Waals surface area contributed by atoms with Crippen LogP contribution >= 0.6 is 0 Å². The Morgan fingerprint density at radius 2 is 1.74 bits per heavy atom. The van der Waals surface area contributed by atoms with Gasteiger partial charge in [-0.3, -0.25) is 4.79 Å². The molecule has 0 fully saturated rings. The number of nitrogens with zero attached hydrogens (tertiary/aromatic N) is 3. The van der Waals surface area contributed by atoms with Crippen molar-refractivity contribution >= 4 is 11.9 Å². The minimum atomic E-state index is -1.12. The Kier molecular flexibility index (Phi) is 6.67. The van der Waals surface area contributed by atoms with E-state index in [0.29, 0.717) is 12.4 Å². The number of benzene rings is 1. The first-order valence-electron chi connectivity index (χ1n) is 8.05. The maximum atomic E-state index is 11.8. The molecule has 0 aliphatic carbocycles. The van der Waals surface area contributed by atoms with Crippen LogP contribution in [0, 0.1) is 0 Å². The van der Waals surface area contributed by atoms with Crippen LogP contribution < -0.4 is 9.47 Å². The van der Waals surface area contributed by atoms with Crippen LogP contribution in [0.2, 0.25) is 0 Å². The Morgan fingerprint density at radius 1 is 1.11 bits per heavy atom. The smallest absolute Gasteiger partial charge is 0.335 e. The van der Waals surface area contributed by atoms with Gasteiger partial charge < -0.3 is 24.2 Å². The van der Waals surface area contributed by atoms with Crippen LogP contribution in [0.15, 0.2) is 30.6 Å². The molecule has 0 saturated carbocycles. The average molecular weight is 375 g/mol. The van der Waals surface area contributed by atoms with Crippen LogP contribution in [0.1, 0.15) is 27.9 Å². The van der Waals surface area contributed by atoms with Gasteiger partial charge in [0.25, 0.3) is 5.91 Å². The molecule has 2 aromatic rings. The fraction of sp³-hybridized carbons (Fsp3) is 0.333. The third-order valence-electron chi connectivity index (χ3n) is 3.33. The number of carboxylic acids is 1. The van der Waals surface area contributed by atoms with E-state index in [1.807, 2.05) is 0 Å². The molecule has 144 valence electrons. The van der Waals surface area contributed by atoms with Crippen molar-refractivity contribution in [3.05, 3.63) is 42.0 Å². The molecule has 1 aromatic carbocycles. The molecule has 1 unspecified atom stereocenters. The summed E-state index contributed by atoms with van der Waals surface area (Å²) in [4.78, 5) is 32.4. The molecule has 2 rings (SSSR count). The van der Waals surface area contributed by atoms with Gasteiger partial charge in [-0.1, -0.05) is 0 Å². The Hall–Kier alpha value is -3.20. The zero-order chi connectivity index (χ0) is 20.0. The van der Waals surface area contributed by atoms with E-state index >= 15 is 0 Å². The van der Waals surface area contributed by atoms with Crippen LogP contribution in [-0.2, 0) is 4.74 Å². The monoisotopic (exact) mass is 375 g/mol. The van der Waals surface area contributed by atoms with E-state index in [-0.39, 0.29) is 34.9 Å². The quantitative estimate of drug-likeness (QED) is 0.746. The lowest BCUT2D eigenvalue weighted by Gasteiger charge is -2.15. The van der Waals surface area contributed by atoms with Gasteiger partial charge in [0.05, 0.1) is 24.6 Å². The molecule has 0 bridgehead atoms. The molecule has 27 heavy (non-hydrogen) atoms. The third-order valence-corrected chi connectivity index (χ3v) is 3.33. The summed E-state index contributed by atoms with van der Waals surface area (Å²) in [6.45, 7) is 2.15. The molecule has 0 saturated heterocycles. The van der Waals surface area contributed by atoms with Crippen molar-refractivity contribution in [1.82, 2.24) is 14.9 Å². The standard InChI is InChI=1S/C18H21N3O6/c1-11(10-25-4)26-13-5-12(18(23)24)6-14(7-13)27-15-8-19-16(20-9-15)17(22)21(2)3/h5-9,11H,10H2,1-4H3,(H,23,24). The van der Waals surface area contributed by atoms with Crippen molar-refractivity contribution in [3.63, 3.8) is 0 Å². The van der Waals surface area contributed by atoms with Crippen LogP contribution in [0.25, 0.3) is 0 Å². The van der Waals surface area contributed by atoms with Gasteiger partial charge in [-0.15, -0.1) is 0 Å². The summed E-state index contributed by atoms with van der Waals surface area (Å²) in [5.41, 5.74) is 0.00689. The molecular formula is C18H21N3O6. The van der Waals surface area contributed by atoms with E-state index in [2.05, 4.69) is 9.97 Å². The lowest BCUT2D eigenvalue weighted by atomic mass is 10.2. The lowest BCUT2D eigenvalue weighted by Crippen LogP contribution is -2.23. The predicted octanol–water partition coefficient (Wildman–Crippen LogP) is 2.08. The molecule has 0 aliphatic rings. The Morgan fingerprint density at radius 3 is 2.30 bits per heavy atom. The van der Waals surface area contributed by atoms with Crippen molar-refractivity contribution < 1.29 is 28.9 Å². The van der Waals surface area contributed by atoms with Crippen molar-refractivity contribution in [2.75, 3.05) is 27.8 Å². The average Bonchev–Trinajstić information content (AvgIpc) is 2.61. The van der Waals surface area contributed by atoms with Gasteiger partial charge in [0.1, 0.15) is 17.6 Å². The minimum Gasteiger partial charge on any atom is -0.488 e. The summed E-state index contributed by atoms with van der Waals surface area (Å²) in [7, 11) is 4.74. The van der Waals surface area contributed by atoms with Gasteiger partial charge in [0, 0.05) is 27.3 Å². The van der Waals surface area contributed by atoms with E-state index in [1.165, 1.54) is 29.4 Å². The number of aromatic nitrogens is 2. The van der Waals surface area contributed by atoms with Crippen molar-refractivity contribution in [1.29, 1.82) is 0 Å². The van der Waals surface area contributed by atoms with Crippen molar-refractivity contribution in [2.45, 2.75) is 13.0 Å². The molecule has 1 aromatic heterocycles. The van der Waals surface area contributed by atoms with Gasteiger partial charge in [-0.2, -0.15) is 0 Å². The number of carbonyl (C=O) groups excluding carboxylic acids is 1. The summed E-state index contributed by atoms with van der Waals surface area (Å²) in [5, 5.41) is 9.28. The second-order valence-corrected chi connectivity index (χ2v) is 5.93. The number of hydrogen-bond donors (Lipinski definition) is 1. The highest BCUT2D eigenvalue weighted by molar-refractivity contribution is 5.90. The summed E-state index contributed by atoms with van der Waals surface area (Å²) < 4.78 is 16.3. The highest BCUT2D eigenvalue weighted by Crippen LogP contribution is 2.27. The molecule has 0 radical (unpaired) electrons. The number of aromatic carboxylic acids is 1. The fourth-order valence-corrected chi connectivity index (χ4v) is 2.14. The lowest BCUT2D eigenvalue weighted by molar-refractivity contribution is 0.0693. The number of methoxy groups -OCH3 is 1. The summed E-state index contributed by atoms with van der Waals surface area (Å²) in [6, 6.07) is 4.31. The van der Waals surface area contributed by atoms with E-state index in [0.717, 1.165) is 0 Å². The van der Waals surface area contributed by atoms with Crippen molar-refractivity contribution in [3.8, 4) is 17.2 Å². The first-order valence-corrected chi connectivity index (χ1v) is 8.05. The highest BCUT2D eigenvalue weighted by atomic mass is 16.5. The number of rotatable bonds is 8. The topological polar surface area (TPSA) is 111 Å². The third kappa shape index (κ3) is 5.65. The van der Waals surface area contributed by atoms with Crippen LogP contribution in [-0.4, -0.2) is 65.8 Å². The van der Waals surface area contributed by atoms with Gasteiger partial charge in [-0.05, 0) is 19.1 Å². The van der Waals surface area contributed by atoms with Gasteiger partial charge in [0.15, 0.2) is 5.75 Å². The summed E-state index contributed by atoms with van der Waals surface area (Å²) in [6.07, 6.45) is 2.41. The van der Waals surface area contributed by atoms with Gasteiger partial charge in [0.2, 0.25) is 5.82 Å². The predicted molar refractivity (Wildman–Crippen MR) is 95.5 cm³/mol. The molecule has 1 atom stereocenters. The molecule has 0 aliphatic heterocycles. The molecule has 1 N–H and O–H groups in total. The molecule has 1 amide bonds. The fourth-order valence-electron chi connectivity index (χ4n) is 2.14. The van der Waals surface area contributed by atoms with Crippen LogP contribution in [0.5, 0.6) is 17.2 Å². The van der Waals surface area contributed by atoms with E-state index in [4.69, 9.17) is 14.2 Å². The van der Waals surface area contributed by atoms with Gasteiger partial charge >= 0.3 is 5.97 Å². The largest absolute Gasteiger partial charge is 0.488 e. The molecule has 9 heteroatoms. The number of ether oxygens (including phenoxy) is 3. The zero-order valence-corrected chi connectivity index (χ0v) is 15.5. The minimum absolute atomic E-state index is 0.00689. The van der Waals surface area contributed by atoms with Crippen LogP contribution in [0.3, 0.4) is 0 Å². The van der Waals surface area contributed by atoms with Crippen molar-refractivity contribution in [2.24, 2.45) is 0 Å². The van der Waals surface area contributed by atoms with E-state index in [1.54, 1.807) is 34.2 Å². The SMILES string of the molecule is COCC(C)Oc1cc(Oc2cnc(C(=O)N(C)C)nc2)cc(C(=O)O)c1. The number of hydrogen-bond acceptors (Lipinski definition) is 7. The summed E-state index contributed by atoms with van der Waals surface area (Å²) in [5.74, 6) is -0.600. The van der Waals surface area contributed by atoms with Crippen LogP contribution in [0.4, 0.5) is 0 Å². The highest BCUT2D eigenvalue weighted by Gasteiger charge is 2.14. The normalized spacial score (nSPS) is 11.6. The second kappa shape index (κ2) is 8.95. The Balaban J connectivity index is 2.22. The zero-order valence-electron chi connectivity index (χ0n) is 15.5. The number of amides is 1. The first-order chi connectivity index (χ1) is 12.8. The van der Waals surface area contributed by atoms with E-state index < -0.39 is 5.97 Å². The Labute approximate surface area is 156 Å². The molecule has 0 spiro atoms. The molecule has 9 nitrogen and oxygen atoms in total. The second-order valence-electron chi connectivity index (χ2n) is 5.93. The molecular weight excluding hydrogens is 354 g/mol. The Bertz CT molecular complexity index is 807. The summed E-state index contributed by atoms with van der Waals surface area (Å²) >= 11 is 0. The molecule has 1 heterocycles. The maximum absolute atomic E-state index is 11.8.